The number of hydrogen-bond acceptors (Lipinski definition) is 4. The Morgan fingerprint density at radius 1 is 0.929 bits per heavy atom. The van der Waals surface area contributed by atoms with E-state index in [4.69, 9.17) is 5.73 Å². The van der Waals surface area contributed by atoms with E-state index in [9.17, 15) is 14.4 Å². The number of Topliss-reactive ketones (excluding diaryl/α,β-unsaturated/α-hetero) is 1. The molecule has 0 radical (unpaired) electrons. The van der Waals surface area contributed by atoms with Crippen molar-refractivity contribution in [1.82, 2.24) is 15.1 Å². The number of aromatic nitrogens is 2. The summed E-state index contributed by atoms with van der Waals surface area (Å²) in [6, 6.07) is 19.2. The van der Waals surface area contributed by atoms with E-state index >= 15 is 0 Å². The molecule has 0 saturated heterocycles. The highest BCUT2D eigenvalue weighted by Crippen LogP contribution is 2.08. The van der Waals surface area contributed by atoms with Crippen LogP contribution in [0.4, 0.5) is 0 Å². The van der Waals surface area contributed by atoms with Gasteiger partial charge in [0.15, 0.2) is 0 Å². The van der Waals surface area contributed by atoms with E-state index < -0.39 is 23.6 Å². The molecular formula is C21H20N4O3. The van der Waals surface area contributed by atoms with Crippen molar-refractivity contribution in [2.24, 2.45) is 5.73 Å². The summed E-state index contributed by atoms with van der Waals surface area (Å²) in [6.07, 6.45) is 1.68. The highest BCUT2D eigenvalue weighted by molar-refractivity contribution is 6.38. The van der Waals surface area contributed by atoms with Crippen LogP contribution < -0.4 is 11.1 Å². The third kappa shape index (κ3) is 4.70. The molecule has 142 valence electrons. The van der Waals surface area contributed by atoms with Crippen molar-refractivity contribution in [3.8, 4) is 0 Å². The van der Waals surface area contributed by atoms with E-state index in [0.29, 0.717) is 12.2 Å². The molecule has 0 aliphatic heterocycles. The van der Waals surface area contributed by atoms with E-state index in [2.05, 4.69) is 10.4 Å². The van der Waals surface area contributed by atoms with Gasteiger partial charge < -0.3 is 11.1 Å². The first-order chi connectivity index (χ1) is 13.5. The Bertz CT molecular complexity index is 968. The number of rotatable bonds is 8. The number of primary amides is 1. The summed E-state index contributed by atoms with van der Waals surface area (Å²) in [4.78, 5) is 36.4. The predicted molar refractivity (Wildman–Crippen MR) is 103 cm³/mol. The highest BCUT2D eigenvalue weighted by Gasteiger charge is 2.26. The van der Waals surface area contributed by atoms with Gasteiger partial charge in [-0.1, -0.05) is 60.7 Å². The number of carbonyl (C=O) groups excluding carboxylic acids is 3. The number of amides is 2. The van der Waals surface area contributed by atoms with Crippen LogP contribution in [0.2, 0.25) is 0 Å². The molecule has 0 saturated carbocycles. The molecule has 0 bridgehead atoms. The van der Waals surface area contributed by atoms with Gasteiger partial charge in [-0.2, -0.15) is 5.10 Å². The standard InChI is InChI=1S/C21H20N4O3/c22-20(27)19(26)17(13-15-7-3-1-4-8-15)24-21(28)18-11-12-23-25(18)14-16-9-5-2-6-10-16/h1-12,17H,13-14H2,(H2,22,27)(H,24,28). The largest absolute Gasteiger partial charge is 0.363 e. The van der Waals surface area contributed by atoms with Gasteiger partial charge in [0.05, 0.1) is 6.54 Å². The minimum atomic E-state index is -1.08. The molecule has 1 aromatic heterocycles. The van der Waals surface area contributed by atoms with Crippen LogP contribution in [0.1, 0.15) is 21.6 Å². The minimum Gasteiger partial charge on any atom is -0.363 e. The average molecular weight is 376 g/mol. The Labute approximate surface area is 162 Å². The molecular weight excluding hydrogens is 356 g/mol. The lowest BCUT2D eigenvalue weighted by molar-refractivity contribution is -0.137. The molecule has 1 atom stereocenters. The molecule has 0 spiro atoms. The molecule has 0 aliphatic carbocycles. The summed E-state index contributed by atoms with van der Waals surface area (Å²) in [5, 5.41) is 6.81. The summed E-state index contributed by atoms with van der Waals surface area (Å²) in [5.41, 5.74) is 7.24. The molecule has 1 unspecified atom stereocenters. The fourth-order valence-corrected chi connectivity index (χ4v) is 2.87. The van der Waals surface area contributed by atoms with E-state index in [1.807, 2.05) is 60.7 Å². The lowest BCUT2D eigenvalue weighted by atomic mass is 10.0. The number of hydrogen-bond donors (Lipinski definition) is 2. The van der Waals surface area contributed by atoms with Crippen molar-refractivity contribution in [2.75, 3.05) is 0 Å². The molecule has 3 aromatic rings. The summed E-state index contributed by atoms with van der Waals surface area (Å²) in [6.45, 7) is 0.406. The fraction of sp³-hybridized carbons (Fsp3) is 0.143. The van der Waals surface area contributed by atoms with Gasteiger partial charge in [0.1, 0.15) is 11.7 Å². The molecule has 28 heavy (non-hydrogen) atoms. The van der Waals surface area contributed by atoms with Crippen molar-refractivity contribution in [2.45, 2.75) is 19.0 Å². The van der Waals surface area contributed by atoms with E-state index in [1.165, 1.54) is 6.20 Å². The van der Waals surface area contributed by atoms with E-state index in [-0.39, 0.29) is 6.42 Å². The second-order valence-electron chi connectivity index (χ2n) is 6.30. The molecule has 0 aliphatic rings. The van der Waals surface area contributed by atoms with Crippen LogP contribution in [0.3, 0.4) is 0 Å². The number of carbonyl (C=O) groups is 3. The number of benzene rings is 2. The zero-order valence-electron chi connectivity index (χ0n) is 15.1. The lowest BCUT2D eigenvalue weighted by Crippen LogP contribution is -2.47. The predicted octanol–water partition coefficient (Wildman–Crippen LogP) is 1.33. The van der Waals surface area contributed by atoms with Gasteiger partial charge in [0.2, 0.25) is 5.78 Å². The first-order valence-corrected chi connectivity index (χ1v) is 8.79. The molecule has 2 amide bonds. The molecule has 1 heterocycles. The van der Waals surface area contributed by atoms with Crippen molar-refractivity contribution >= 4 is 17.6 Å². The van der Waals surface area contributed by atoms with Gasteiger partial charge in [0, 0.05) is 12.6 Å². The lowest BCUT2D eigenvalue weighted by Gasteiger charge is -2.17. The Kier molecular flexibility index (Phi) is 5.96. The first kappa shape index (κ1) is 19.0. The molecule has 7 nitrogen and oxygen atoms in total. The third-order valence-corrected chi connectivity index (χ3v) is 4.27. The maximum atomic E-state index is 12.8. The highest BCUT2D eigenvalue weighted by atomic mass is 16.2. The quantitative estimate of drug-likeness (QED) is 0.578. The maximum absolute atomic E-state index is 12.8. The summed E-state index contributed by atoms with van der Waals surface area (Å²) in [7, 11) is 0. The monoisotopic (exact) mass is 376 g/mol. The zero-order valence-corrected chi connectivity index (χ0v) is 15.1. The molecule has 3 rings (SSSR count). The van der Waals surface area contributed by atoms with Crippen LogP contribution in [-0.2, 0) is 22.6 Å². The molecule has 2 aromatic carbocycles. The number of nitrogens with zero attached hydrogens (tertiary/aromatic N) is 2. The van der Waals surface area contributed by atoms with Crippen LogP contribution in [0, 0.1) is 0 Å². The molecule has 0 fully saturated rings. The van der Waals surface area contributed by atoms with Crippen molar-refractivity contribution < 1.29 is 14.4 Å². The van der Waals surface area contributed by atoms with Gasteiger partial charge in [-0.3, -0.25) is 19.1 Å². The van der Waals surface area contributed by atoms with Crippen LogP contribution in [-0.4, -0.2) is 33.4 Å². The van der Waals surface area contributed by atoms with Gasteiger partial charge in [-0.05, 0) is 17.2 Å². The average Bonchev–Trinajstić information content (AvgIpc) is 3.16. The Morgan fingerprint density at radius 3 is 2.14 bits per heavy atom. The van der Waals surface area contributed by atoms with Gasteiger partial charge in [0.25, 0.3) is 11.8 Å². The topological polar surface area (TPSA) is 107 Å². The minimum absolute atomic E-state index is 0.168. The third-order valence-electron chi connectivity index (χ3n) is 4.27. The smallest absolute Gasteiger partial charge is 0.287 e. The second kappa shape index (κ2) is 8.77. The Hall–Kier alpha value is -3.74. The van der Waals surface area contributed by atoms with E-state index in [1.54, 1.807) is 10.7 Å². The van der Waals surface area contributed by atoms with Gasteiger partial charge in [-0.25, -0.2) is 0 Å². The Morgan fingerprint density at radius 2 is 1.54 bits per heavy atom. The molecule has 7 heteroatoms. The van der Waals surface area contributed by atoms with Crippen molar-refractivity contribution in [3.05, 3.63) is 89.7 Å². The van der Waals surface area contributed by atoms with Crippen molar-refractivity contribution in [3.63, 3.8) is 0 Å². The summed E-state index contributed by atoms with van der Waals surface area (Å²) < 4.78 is 1.54. The normalized spacial score (nSPS) is 11.6. The van der Waals surface area contributed by atoms with Gasteiger partial charge >= 0.3 is 0 Å². The Balaban J connectivity index is 1.78. The van der Waals surface area contributed by atoms with E-state index in [0.717, 1.165) is 11.1 Å². The maximum Gasteiger partial charge on any atom is 0.287 e. The fourth-order valence-electron chi connectivity index (χ4n) is 2.87. The SMILES string of the molecule is NC(=O)C(=O)C(Cc1ccccc1)NC(=O)c1ccnn1Cc1ccccc1. The zero-order chi connectivity index (χ0) is 19.9. The van der Waals surface area contributed by atoms with Crippen LogP contribution in [0.25, 0.3) is 0 Å². The van der Waals surface area contributed by atoms with Crippen LogP contribution in [0.5, 0.6) is 0 Å². The summed E-state index contributed by atoms with van der Waals surface area (Å²) in [5.74, 6) is -2.42. The second-order valence-corrected chi connectivity index (χ2v) is 6.30. The van der Waals surface area contributed by atoms with Crippen LogP contribution >= 0.6 is 0 Å². The first-order valence-electron chi connectivity index (χ1n) is 8.79. The number of nitrogens with one attached hydrogen (secondary N) is 1. The molecule has 3 N–H and O–H groups in total. The summed E-state index contributed by atoms with van der Waals surface area (Å²) >= 11 is 0. The number of nitrogens with two attached hydrogens (primary N) is 1. The van der Waals surface area contributed by atoms with Crippen LogP contribution in [0.15, 0.2) is 72.9 Å². The van der Waals surface area contributed by atoms with Gasteiger partial charge in [-0.15, -0.1) is 0 Å². The van der Waals surface area contributed by atoms with Crippen molar-refractivity contribution in [1.29, 1.82) is 0 Å². The number of ketones is 1.